The molecular weight excluding hydrogens is 234 g/mol. The van der Waals surface area contributed by atoms with Crippen molar-refractivity contribution < 1.29 is 15.1 Å². The third-order valence-electron chi connectivity index (χ3n) is 2.92. The molecule has 0 spiro atoms. The van der Waals surface area contributed by atoms with Gasteiger partial charge in [-0.1, -0.05) is 11.2 Å². The van der Waals surface area contributed by atoms with E-state index in [9.17, 15) is 9.90 Å². The Labute approximate surface area is 104 Å². The number of phenolic OH excluding ortho intramolecular Hbond substituents is 1. The van der Waals surface area contributed by atoms with Crippen LogP contribution in [0.2, 0.25) is 0 Å². The minimum Gasteiger partial charge on any atom is -0.508 e. The molecule has 96 valence electrons. The molecule has 1 amide bonds. The lowest BCUT2D eigenvalue weighted by molar-refractivity contribution is 0.0942. The average molecular weight is 249 g/mol. The number of hydrogen-bond acceptors (Lipinski definition) is 4. The summed E-state index contributed by atoms with van der Waals surface area (Å²) in [4.78, 5) is 11.9. The van der Waals surface area contributed by atoms with Crippen LogP contribution in [0.3, 0.4) is 0 Å². The fourth-order valence-corrected chi connectivity index (χ4v) is 1.80. The van der Waals surface area contributed by atoms with Crippen LogP contribution in [0.5, 0.6) is 5.75 Å². The normalized spacial score (nSPS) is 17.2. The second kappa shape index (κ2) is 4.95. The third kappa shape index (κ3) is 2.71. The highest BCUT2D eigenvalue weighted by molar-refractivity contribution is 5.98. The Morgan fingerprint density at radius 2 is 2.22 bits per heavy atom. The van der Waals surface area contributed by atoms with Crippen molar-refractivity contribution in [1.29, 1.82) is 0 Å². The number of amides is 1. The van der Waals surface area contributed by atoms with Crippen molar-refractivity contribution in [3.8, 4) is 5.75 Å². The second-order valence-electron chi connectivity index (χ2n) is 4.36. The number of aromatic hydroxyl groups is 1. The summed E-state index contributed by atoms with van der Waals surface area (Å²) in [5.41, 5.74) is 5.89. The fourth-order valence-electron chi connectivity index (χ4n) is 1.80. The Bertz CT molecular complexity index is 483. The standard InChI is InChI=1S/C12H15N3O3/c13-11(15-18)10(7-4-5-7)14-12(17)8-2-1-3-9(16)6-8/h1-3,6-7,10,16,18H,4-5H2,(H2,13,15)(H,14,17). The van der Waals surface area contributed by atoms with Gasteiger partial charge in [0.25, 0.3) is 5.91 Å². The largest absolute Gasteiger partial charge is 0.508 e. The van der Waals surface area contributed by atoms with Gasteiger partial charge in [0.1, 0.15) is 5.75 Å². The molecule has 5 N–H and O–H groups in total. The molecule has 1 unspecified atom stereocenters. The van der Waals surface area contributed by atoms with E-state index in [1.807, 2.05) is 0 Å². The van der Waals surface area contributed by atoms with E-state index in [2.05, 4.69) is 10.5 Å². The summed E-state index contributed by atoms with van der Waals surface area (Å²) >= 11 is 0. The third-order valence-corrected chi connectivity index (χ3v) is 2.92. The lowest BCUT2D eigenvalue weighted by Crippen LogP contribution is -2.46. The van der Waals surface area contributed by atoms with Crippen molar-refractivity contribution in [3.05, 3.63) is 29.8 Å². The minimum atomic E-state index is -0.454. The molecule has 6 heteroatoms. The van der Waals surface area contributed by atoms with Crippen molar-refractivity contribution in [1.82, 2.24) is 5.32 Å². The summed E-state index contributed by atoms with van der Waals surface area (Å²) in [7, 11) is 0. The van der Waals surface area contributed by atoms with E-state index >= 15 is 0 Å². The molecule has 0 heterocycles. The fraction of sp³-hybridized carbons (Fsp3) is 0.333. The van der Waals surface area contributed by atoms with Crippen LogP contribution in [0, 0.1) is 5.92 Å². The molecule has 0 aromatic heterocycles. The van der Waals surface area contributed by atoms with Crippen LogP contribution in [0.15, 0.2) is 29.4 Å². The maximum absolute atomic E-state index is 11.9. The summed E-state index contributed by atoms with van der Waals surface area (Å²) in [5, 5.41) is 23.6. The van der Waals surface area contributed by atoms with Crippen molar-refractivity contribution in [2.45, 2.75) is 18.9 Å². The molecule has 1 aromatic rings. The van der Waals surface area contributed by atoms with Crippen molar-refractivity contribution in [2.75, 3.05) is 0 Å². The summed E-state index contributed by atoms with van der Waals surface area (Å²) in [6.45, 7) is 0. The van der Waals surface area contributed by atoms with Gasteiger partial charge in [-0.15, -0.1) is 0 Å². The molecule has 1 fully saturated rings. The predicted octanol–water partition coefficient (Wildman–Crippen LogP) is 0.647. The summed E-state index contributed by atoms with van der Waals surface area (Å²) in [5.74, 6) is -0.100. The quantitative estimate of drug-likeness (QED) is 0.272. The van der Waals surface area contributed by atoms with E-state index in [-0.39, 0.29) is 23.4 Å². The van der Waals surface area contributed by atoms with Gasteiger partial charge in [0.15, 0.2) is 5.84 Å². The average Bonchev–Trinajstić information content (AvgIpc) is 3.19. The molecule has 1 atom stereocenters. The zero-order chi connectivity index (χ0) is 13.1. The van der Waals surface area contributed by atoms with Gasteiger partial charge in [0, 0.05) is 5.56 Å². The first kappa shape index (κ1) is 12.2. The number of nitrogens with one attached hydrogen (secondary N) is 1. The molecule has 1 aromatic carbocycles. The van der Waals surface area contributed by atoms with Gasteiger partial charge in [-0.05, 0) is 37.0 Å². The van der Waals surface area contributed by atoms with E-state index in [0.717, 1.165) is 12.8 Å². The summed E-state index contributed by atoms with van der Waals surface area (Å²) < 4.78 is 0. The molecule has 0 bridgehead atoms. The molecular formula is C12H15N3O3. The van der Waals surface area contributed by atoms with Crippen LogP contribution >= 0.6 is 0 Å². The maximum Gasteiger partial charge on any atom is 0.252 e. The number of carbonyl (C=O) groups is 1. The molecule has 1 aliphatic rings. The first-order valence-electron chi connectivity index (χ1n) is 5.69. The summed E-state index contributed by atoms with van der Waals surface area (Å²) in [6.07, 6.45) is 1.89. The number of benzene rings is 1. The van der Waals surface area contributed by atoms with E-state index < -0.39 is 6.04 Å². The van der Waals surface area contributed by atoms with Crippen LogP contribution < -0.4 is 11.1 Å². The molecule has 0 saturated heterocycles. The molecule has 0 radical (unpaired) electrons. The second-order valence-corrected chi connectivity index (χ2v) is 4.36. The Hall–Kier alpha value is -2.24. The zero-order valence-corrected chi connectivity index (χ0v) is 9.71. The number of phenols is 1. The van der Waals surface area contributed by atoms with Gasteiger partial charge in [-0.2, -0.15) is 0 Å². The molecule has 6 nitrogen and oxygen atoms in total. The van der Waals surface area contributed by atoms with Crippen LogP contribution in [-0.2, 0) is 0 Å². The number of hydrogen-bond donors (Lipinski definition) is 4. The van der Waals surface area contributed by atoms with Gasteiger partial charge in [-0.25, -0.2) is 0 Å². The highest BCUT2D eigenvalue weighted by atomic mass is 16.4. The monoisotopic (exact) mass is 249 g/mol. The SMILES string of the molecule is NC(=NO)C(NC(=O)c1cccc(O)c1)C1CC1. The molecule has 1 aliphatic carbocycles. The molecule has 0 aliphatic heterocycles. The molecule has 2 rings (SSSR count). The minimum absolute atomic E-state index is 0.00556. The number of amidine groups is 1. The highest BCUT2D eigenvalue weighted by Crippen LogP contribution is 2.32. The Morgan fingerprint density at radius 3 is 2.78 bits per heavy atom. The van der Waals surface area contributed by atoms with Crippen LogP contribution in [-0.4, -0.2) is 28.1 Å². The first-order chi connectivity index (χ1) is 8.61. The Morgan fingerprint density at radius 1 is 1.50 bits per heavy atom. The maximum atomic E-state index is 11.9. The van der Waals surface area contributed by atoms with E-state index in [0.29, 0.717) is 5.56 Å². The first-order valence-corrected chi connectivity index (χ1v) is 5.69. The number of nitrogens with zero attached hydrogens (tertiary/aromatic N) is 1. The van der Waals surface area contributed by atoms with E-state index in [1.54, 1.807) is 12.1 Å². The van der Waals surface area contributed by atoms with Crippen molar-refractivity contribution in [2.24, 2.45) is 16.8 Å². The van der Waals surface area contributed by atoms with Gasteiger partial charge >= 0.3 is 0 Å². The van der Waals surface area contributed by atoms with Crippen LogP contribution in [0.25, 0.3) is 0 Å². The Kier molecular flexibility index (Phi) is 3.36. The number of rotatable bonds is 4. The number of carbonyl (C=O) groups excluding carboxylic acids is 1. The molecule has 1 saturated carbocycles. The molecule has 18 heavy (non-hydrogen) atoms. The zero-order valence-electron chi connectivity index (χ0n) is 9.71. The van der Waals surface area contributed by atoms with Gasteiger partial charge < -0.3 is 21.4 Å². The smallest absolute Gasteiger partial charge is 0.252 e. The van der Waals surface area contributed by atoms with Crippen molar-refractivity contribution in [3.63, 3.8) is 0 Å². The van der Waals surface area contributed by atoms with Gasteiger partial charge in [0.2, 0.25) is 0 Å². The van der Waals surface area contributed by atoms with Crippen LogP contribution in [0.1, 0.15) is 23.2 Å². The number of nitrogens with two attached hydrogens (primary N) is 1. The van der Waals surface area contributed by atoms with E-state index in [4.69, 9.17) is 10.9 Å². The predicted molar refractivity (Wildman–Crippen MR) is 65.5 cm³/mol. The lowest BCUT2D eigenvalue weighted by atomic mass is 10.1. The van der Waals surface area contributed by atoms with Crippen LogP contribution in [0.4, 0.5) is 0 Å². The highest BCUT2D eigenvalue weighted by Gasteiger charge is 2.35. The Balaban J connectivity index is 2.10. The van der Waals surface area contributed by atoms with Gasteiger partial charge in [-0.3, -0.25) is 4.79 Å². The number of oxime groups is 1. The topological polar surface area (TPSA) is 108 Å². The lowest BCUT2D eigenvalue weighted by Gasteiger charge is -2.16. The van der Waals surface area contributed by atoms with E-state index in [1.165, 1.54) is 12.1 Å². The van der Waals surface area contributed by atoms with Crippen molar-refractivity contribution >= 4 is 11.7 Å². The van der Waals surface area contributed by atoms with Gasteiger partial charge in [0.05, 0.1) is 6.04 Å². The summed E-state index contributed by atoms with van der Waals surface area (Å²) in [6, 6.07) is 5.57.